The van der Waals surface area contributed by atoms with Gasteiger partial charge in [0.05, 0.1) is 11.1 Å². The lowest BCUT2D eigenvalue weighted by Crippen LogP contribution is -2.36. The molecule has 156 valence electrons. The van der Waals surface area contributed by atoms with Gasteiger partial charge in [-0.25, -0.2) is 0 Å². The van der Waals surface area contributed by atoms with Gasteiger partial charge in [-0.15, -0.1) is 0 Å². The molecule has 0 bridgehead atoms. The van der Waals surface area contributed by atoms with Gasteiger partial charge in [0.15, 0.2) is 5.82 Å². The Kier molecular flexibility index (Phi) is 4.86. The van der Waals surface area contributed by atoms with Crippen molar-refractivity contribution in [1.82, 2.24) is 14.7 Å². The molecule has 7 nitrogen and oxygen atoms in total. The Labute approximate surface area is 178 Å². The molecular formula is C24H22N4O3. The number of hydrogen-bond acceptors (Lipinski definition) is 5. The van der Waals surface area contributed by atoms with E-state index in [9.17, 15) is 9.59 Å². The van der Waals surface area contributed by atoms with Crippen LogP contribution in [-0.4, -0.2) is 27.2 Å². The predicted octanol–water partition coefficient (Wildman–Crippen LogP) is 3.98. The molecule has 4 aromatic rings. The SMILES string of the molecule is CCN(C(=O)Cn1c(=O)cc(-c2nc(C3CC3)no2)c2ccccc21)c1ccccc1. The summed E-state index contributed by atoms with van der Waals surface area (Å²) in [7, 11) is 0. The van der Waals surface area contributed by atoms with Crippen molar-refractivity contribution in [3.05, 3.63) is 76.8 Å². The van der Waals surface area contributed by atoms with Crippen LogP contribution in [0.4, 0.5) is 5.69 Å². The highest BCUT2D eigenvalue weighted by Gasteiger charge is 2.29. The minimum absolute atomic E-state index is 0.0560. The number of anilines is 1. The summed E-state index contributed by atoms with van der Waals surface area (Å²) in [6, 6.07) is 18.4. The third-order valence-electron chi connectivity index (χ3n) is 5.61. The molecule has 31 heavy (non-hydrogen) atoms. The Hall–Kier alpha value is -3.74. The fourth-order valence-electron chi connectivity index (χ4n) is 3.86. The van der Waals surface area contributed by atoms with Crippen molar-refractivity contribution in [3.63, 3.8) is 0 Å². The zero-order chi connectivity index (χ0) is 21.4. The Morgan fingerprint density at radius 3 is 2.61 bits per heavy atom. The predicted molar refractivity (Wildman–Crippen MR) is 118 cm³/mol. The number of benzene rings is 2. The fraction of sp³-hybridized carbons (Fsp3) is 0.250. The number of hydrogen-bond donors (Lipinski definition) is 0. The third kappa shape index (κ3) is 3.63. The van der Waals surface area contributed by atoms with Gasteiger partial charge < -0.3 is 9.42 Å². The molecule has 0 radical (unpaired) electrons. The quantitative estimate of drug-likeness (QED) is 0.477. The van der Waals surface area contributed by atoms with Crippen molar-refractivity contribution in [2.45, 2.75) is 32.2 Å². The summed E-state index contributed by atoms with van der Waals surface area (Å²) in [5.74, 6) is 1.25. The van der Waals surface area contributed by atoms with Crippen LogP contribution in [0.1, 0.15) is 31.5 Å². The summed E-state index contributed by atoms with van der Waals surface area (Å²) in [6.45, 7) is 2.38. The lowest BCUT2D eigenvalue weighted by atomic mass is 10.1. The molecule has 0 unspecified atom stereocenters. The molecule has 0 spiro atoms. The molecule has 7 heteroatoms. The maximum atomic E-state index is 13.1. The number of fused-ring (bicyclic) bond motifs is 1. The Morgan fingerprint density at radius 1 is 1.13 bits per heavy atom. The van der Waals surface area contributed by atoms with Crippen LogP contribution in [0.25, 0.3) is 22.4 Å². The van der Waals surface area contributed by atoms with Gasteiger partial charge in [0.1, 0.15) is 6.54 Å². The van der Waals surface area contributed by atoms with Crippen molar-refractivity contribution in [2.24, 2.45) is 0 Å². The van der Waals surface area contributed by atoms with Crippen LogP contribution < -0.4 is 10.5 Å². The molecule has 1 saturated carbocycles. The average molecular weight is 414 g/mol. The molecule has 0 aliphatic heterocycles. The zero-order valence-electron chi connectivity index (χ0n) is 17.2. The molecule has 2 heterocycles. The zero-order valence-corrected chi connectivity index (χ0v) is 17.2. The summed E-state index contributed by atoms with van der Waals surface area (Å²) in [5.41, 5.74) is 1.78. The van der Waals surface area contributed by atoms with Crippen LogP contribution in [-0.2, 0) is 11.3 Å². The summed E-state index contributed by atoms with van der Waals surface area (Å²) in [6.07, 6.45) is 2.14. The van der Waals surface area contributed by atoms with Crippen molar-refractivity contribution < 1.29 is 9.32 Å². The minimum Gasteiger partial charge on any atom is -0.334 e. The second-order valence-corrected chi connectivity index (χ2v) is 7.71. The highest BCUT2D eigenvalue weighted by Crippen LogP contribution is 2.39. The lowest BCUT2D eigenvalue weighted by molar-refractivity contribution is -0.119. The van der Waals surface area contributed by atoms with E-state index < -0.39 is 0 Å². The molecule has 1 amide bonds. The van der Waals surface area contributed by atoms with Gasteiger partial charge in [-0.3, -0.25) is 14.2 Å². The highest BCUT2D eigenvalue weighted by molar-refractivity contribution is 5.96. The van der Waals surface area contributed by atoms with Crippen LogP contribution in [0.3, 0.4) is 0 Å². The van der Waals surface area contributed by atoms with E-state index in [-0.39, 0.29) is 18.0 Å². The molecule has 5 rings (SSSR count). The molecule has 0 atom stereocenters. The van der Waals surface area contributed by atoms with Crippen molar-refractivity contribution in [1.29, 1.82) is 0 Å². The van der Waals surface area contributed by atoms with Gasteiger partial charge >= 0.3 is 0 Å². The molecule has 1 aliphatic rings. The number of para-hydroxylation sites is 2. The Morgan fingerprint density at radius 2 is 1.87 bits per heavy atom. The van der Waals surface area contributed by atoms with Crippen molar-refractivity contribution >= 4 is 22.5 Å². The summed E-state index contributed by atoms with van der Waals surface area (Å²) >= 11 is 0. The minimum atomic E-state index is -0.280. The highest BCUT2D eigenvalue weighted by atomic mass is 16.5. The molecule has 0 saturated heterocycles. The van der Waals surface area contributed by atoms with Gasteiger partial charge in [-0.05, 0) is 38.0 Å². The van der Waals surface area contributed by atoms with Gasteiger partial charge in [0, 0.05) is 29.6 Å². The van der Waals surface area contributed by atoms with E-state index >= 15 is 0 Å². The van der Waals surface area contributed by atoms with Gasteiger partial charge in [0.25, 0.3) is 11.4 Å². The van der Waals surface area contributed by atoms with Gasteiger partial charge in [0.2, 0.25) is 5.91 Å². The first-order valence-corrected chi connectivity index (χ1v) is 10.5. The van der Waals surface area contributed by atoms with Crippen LogP contribution in [0.15, 0.2) is 70.0 Å². The number of likely N-dealkylation sites (N-methyl/N-ethyl adjacent to an activating group) is 1. The van der Waals surface area contributed by atoms with E-state index in [1.54, 1.807) is 4.90 Å². The van der Waals surface area contributed by atoms with E-state index in [0.29, 0.717) is 35.3 Å². The molecular weight excluding hydrogens is 392 g/mol. The largest absolute Gasteiger partial charge is 0.334 e. The van der Waals surface area contributed by atoms with Crippen LogP contribution in [0.2, 0.25) is 0 Å². The van der Waals surface area contributed by atoms with Crippen molar-refractivity contribution in [3.8, 4) is 11.5 Å². The number of aromatic nitrogens is 3. The number of rotatable bonds is 6. The number of nitrogens with zero attached hydrogens (tertiary/aromatic N) is 4. The van der Waals surface area contributed by atoms with Crippen LogP contribution in [0.5, 0.6) is 0 Å². The molecule has 1 fully saturated rings. The smallest absolute Gasteiger partial charge is 0.258 e. The fourth-order valence-corrected chi connectivity index (χ4v) is 3.86. The van der Waals surface area contributed by atoms with Crippen LogP contribution in [0, 0.1) is 0 Å². The first kappa shape index (κ1) is 19.2. The molecule has 0 N–H and O–H groups in total. The summed E-state index contributed by atoms with van der Waals surface area (Å²) in [5, 5.41) is 4.87. The van der Waals surface area contributed by atoms with E-state index in [4.69, 9.17) is 4.52 Å². The Balaban J connectivity index is 1.54. The first-order chi connectivity index (χ1) is 15.2. The van der Waals surface area contributed by atoms with Gasteiger partial charge in [-0.2, -0.15) is 4.98 Å². The third-order valence-corrected chi connectivity index (χ3v) is 5.61. The number of pyridine rings is 1. The maximum Gasteiger partial charge on any atom is 0.258 e. The molecule has 1 aliphatic carbocycles. The van der Waals surface area contributed by atoms with E-state index in [2.05, 4.69) is 10.1 Å². The molecule has 2 aromatic heterocycles. The lowest BCUT2D eigenvalue weighted by Gasteiger charge is -2.22. The topological polar surface area (TPSA) is 81.2 Å². The second kappa shape index (κ2) is 7.83. The van der Waals surface area contributed by atoms with E-state index in [1.165, 1.54) is 10.6 Å². The number of carbonyl (C=O) groups is 1. The summed E-state index contributed by atoms with van der Waals surface area (Å²) < 4.78 is 6.97. The van der Waals surface area contributed by atoms with Crippen LogP contribution >= 0.6 is 0 Å². The average Bonchev–Trinajstić information content (AvgIpc) is 3.53. The second-order valence-electron chi connectivity index (χ2n) is 7.71. The molecule has 2 aromatic carbocycles. The summed E-state index contributed by atoms with van der Waals surface area (Å²) in [4.78, 5) is 32.4. The van der Waals surface area contributed by atoms with E-state index in [1.807, 2.05) is 61.5 Å². The normalized spacial score (nSPS) is 13.5. The first-order valence-electron chi connectivity index (χ1n) is 10.5. The van der Waals surface area contributed by atoms with E-state index in [0.717, 1.165) is 23.9 Å². The standard InChI is InChI=1S/C24H22N4O3/c1-2-27(17-8-4-3-5-9-17)22(30)15-28-20-11-7-6-10-18(20)19(14-21(28)29)24-25-23(26-31-24)16-12-13-16/h3-11,14,16H,2,12-13,15H2,1H3. The Bertz CT molecular complexity index is 1310. The van der Waals surface area contributed by atoms with Gasteiger partial charge in [-0.1, -0.05) is 41.6 Å². The maximum absolute atomic E-state index is 13.1. The number of carbonyl (C=O) groups excluding carboxylic acids is 1. The monoisotopic (exact) mass is 414 g/mol. The van der Waals surface area contributed by atoms with Crippen molar-refractivity contribution in [2.75, 3.05) is 11.4 Å². The number of amides is 1.